The molecular weight excluding hydrogens is 328 g/mol. The lowest BCUT2D eigenvalue weighted by Crippen LogP contribution is -2.40. The van der Waals surface area contributed by atoms with Gasteiger partial charge in [0.15, 0.2) is 0 Å². The molecule has 0 fully saturated rings. The summed E-state index contributed by atoms with van der Waals surface area (Å²) in [6.45, 7) is 2.24. The van der Waals surface area contributed by atoms with Gasteiger partial charge in [-0.05, 0) is 29.5 Å². The third-order valence-electron chi connectivity index (χ3n) is 4.63. The maximum absolute atomic E-state index is 12.1. The number of rotatable bonds is 6. The zero-order valence-corrected chi connectivity index (χ0v) is 14.9. The second-order valence-electron chi connectivity index (χ2n) is 6.64. The van der Waals surface area contributed by atoms with Gasteiger partial charge in [-0.2, -0.15) is 0 Å². The lowest BCUT2D eigenvalue weighted by Gasteiger charge is -2.17. The molecule has 2 amide bonds. The number of amides is 2. The molecule has 0 aliphatic heterocycles. The molecule has 5 nitrogen and oxygen atoms in total. The van der Waals surface area contributed by atoms with Crippen LogP contribution in [0.2, 0.25) is 0 Å². The second kappa shape index (κ2) is 8.52. The van der Waals surface area contributed by atoms with Crippen LogP contribution in [0.5, 0.6) is 0 Å². The van der Waals surface area contributed by atoms with Crippen LogP contribution in [0.15, 0.2) is 54.6 Å². The Balaban J connectivity index is 1.40. The smallest absolute Gasteiger partial charge is 0.315 e. The van der Waals surface area contributed by atoms with E-state index >= 15 is 0 Å². The number of hydrogen-bond acceptors (Lipinski definition) is 3. The van der Waals surface area contributed by atoms with E-state index in [1.54, 1.807) is 6.92 Å². The molecule has 2 aromatic rings. The summed E-state index contributed by atoms with van der Waals surface area (Å²) >= 11 is 0. The summed E-state index contributed by atoms with van der Waals surface area (Å²) in [5, 5.41) is 5.75. The molecule has 3 rings (SSSR count). The van der Waals surface area contributed by atoms with Crippen LogP contribution in [0.25, 0.3) is 0 Å². The first-order valence-electron chi connectivity index (χ1n) is 8.96. The van der Waals surface area contributed by atoms with E-state index < -0.39 is 5.92 Å². The predicted molar refractivity (Wildman–Crippen MR) is 99.4 cm³/mol. The molecule has 136 valence electrons. The van der Waals surface area contributed by atoms with Crippen LogP contribution < -0.4 is 10.6 Å². The van der Waals surface area contributed by atoms with Gasteiger partial charge in [0, 0.05) is 6.54 Å². The zero-order chi connectivity index (χ0) is 18.4. The summed E-state index contributed by atoms with van der Waals surface area (Å²) in [6.07, 6.45) is 1.88. The Morgan fingerprint density at radius 1 is 1.12 bits per heavy atom. The minimum absolute atomic E-state index is 0.0338. The van der Waals surface area contributed by atoms with Crippen molar-refractivity contribution in [2.24, 2.45) is 5.92 Å². The Kier molecular flexibility index (Phi) is 5.89. The Morgan fingerprint density at radius 3 is 2.65 bits per heavy atom. The summed E-state index contributed by atoms with van der Waals surface area (Å²) in [5.41, 5.74) is 3.41. The third-order valence-corrected chi connectivity index (χ3v) is 4.63. The van der Waals surface area contributed by atoms with E-state index in [2.05, 4.69) is 22.8 Å². The lowest BCUT2D eigenvalue weighted by molar-refractivity contribution is -0.149. The minimum Gasteiger partial charge on any atom is -0.461 e. The molecule has 1 aliphatic rings. The van der Waals surface area contributed by atoms with Crippen LogP contribution in [-0.4, -0.2) is 18.5 Å². The van der Waals surface area contributed by atoms with Gasteiger partial charge in [-0.3, -0.25) is 4.79 Å². The van der Waals surface area contributed by atoms with E-state index in [9.17, 15) is 9.59 Å². The SMILES string of the molecule is C[C@@H](CNC(=O)NC1CCc2ccccc21)C(=O)OCc1ccccc1. The fraction of sp³-hybridized carbons (Fsp3) is 0.333. The maximum atomic E-state index is 12.1. The van der Waals surface area contributed by atoms with Crippen molar-refractivity contribution in [3.05, 3.63) is 71.3 Å². The van der Waals surface area contributed by atoms with E-state index in [-0.39, 0.29) is 31.2 Å². The van der Waals surface area contributed by atoms with Gasteiger partial charge in [-0.1, -0.05) is 61.5 Å². The maximum Gasteiger partial charge on any atom is 0.315 e. The van der Waals surface area contributed by atoms with Crippen molar-refractivity contribution in [3.63, 3.8) is 0 Å². The Morgan fingerprint density at radius 2 is 1.85 bits per heavy atom. The van der Waals surface area contributed by atoms with Gasteiger partial charge in [0.1, 0.15) is 6.61 Å². The fourth-order valence-corrected chi connectivity index (χ4v) is 3.12. The number of hydrogen-bond donors (Lipinski definition) is 2. The largest absolute Gasteiger partial charge is 0.461 e. The minimum atomic E-state index is -0.402. The molecular formula is C21H24N2O3. The Bertz CT molecular complexity index is 761. The lowest BCUT2D eigenvalue weighted by atomic mass is 10.1. The highest BCUT2D eigenvalue weighted by atomic mass is 16.5. The first-order valence-corrected chi connectivity index (χ1v) is 8.96. The van der Waals surface area contributed by atoms with Gasteiger partial charge in [0.05, 0.1) is 12.0 Å². The summed E-state index contributed by atoms with van der Waals surface area (Å²) in [5.74, 6) is -0.722. The van der Waals surface area contributed by atoms with Gasteiger partial charge in [-0.15, -0.1) is 0 Å². The first kappa shape index (κ1) is 18.0. The number of ether oxygens (including phenoxy) is 1. The van der Waals surface area contributed by atoms with E-state index in [4.69, 9.17) is 4.74 Å². The Hall–Kier alpha value is -2.82. The van der Waals surface area contributed by atoms with Crippen molar-refractivity contribution >= 4 is 12.0 Å². The molecule has 1 aliphatic carbocycles. The summed E-state index contributed by atoms with van der Waals surface area (Å²) in [4.78, 5) is 24.2. The van der Waals surface area contributed by atoms with E-state index in [0.717, 1.165) is 18.4 Å². The highest BCUT2D eigenvalue weighted by molar-refractivity contribution is 5.77. The van der Waals surface area contributed by atoms with Crippen LogP contribution >= 0.6 is 0 Å². The molecule has 0 saturated carbocycles. The quantitative estimate of drug-likeness (QED) is 0.784. The van der Waals surface area contributed by atoms with Crippen molar-refractivity contribution in [1.82, 2.24) is 10.6 Å². The van der Waals surface area contributed by atoms with Gasteiger partial charge in [0.2, 0.25) is 0 Å². The monoisotopic (exact) mass is 352 g/mol. The average Bonchev–Trinajstić information content (AvgIpc) is 3.08. The topological polar surface area (TPSA) is 67.4 Å². The van der Waals surface area contributed by atoms with Crippen molar-refractivity contribution in [2.75, 3.05) is 6.54 Å². The molecule has 2 N–H and O–H groups in total. The normalized spacial score (nSPS) is 16.4. The molecule has 1 unspecified atom stereocenters. The van der Waals surface area contributed by atoms with Crippen LogP contribution in [0.1, 0.15) is 36.1 Å². The fourth-order valence-electron chi connectivity index (χ4n) is 3.12. The number of aryl methyl sites for hydroxylation is 1. The molecule has 2 atom stereocenters. The number of esters is 1. The summed E-state index contributed by atoms with van der Waals surface area (Å²) in [7, 11) is 0. The van der Waals surface area contributed by atoms with Gasteiger partial charge < -0.3 is 15.4 Å². The molecule has 0 spiro atoms. The molecule has 0 bridgehead atoms. The van der Waals surface area contributed by atoms with E-state index in [0.29, 0.717) is 0 Å². The molecule has 26 heavy (non-hydrogen) atoms. The number of benzene rings is 2. The van der Waals surface area contributed by atoms with Gasteiger partial charge in [0.25, 0.3) is 0 Å². The van der Waals surface area contributed by atoms with Crippen molar-refractivity contribution in [3.8, 4) is 0 Å². The van der Waals surface area contributed by atoms with E-state index in [1.807, 2.05) is 42.5 Å². The number of fused-ring (bicyclic) bond motifs is 1. The molecule has 0 heterocycles. The Labute approximate surface area is 153 Å². The summed E-state index contributed by atoms with van der Waals surface area (Å²) in [6, 6.07) is 17.5. The second-order valence-corrected chi connectivity index (χ2v) is 6.64. The molecule has 0 saturated heterocycles. The number of nitrogens with one attached hydrogen (secondary N) is 2. The molecule has 0 aromatic heterocycles. The van der Waals surface area contributed by atoms with Crippen LogP contribution in [-0.2, 0) is 22.6 Å². The predicted octanol–water partition coefficient (Wildman–Crippen LogP) is 3.35. The number of carbonyl (C=O) groups is 2. The average molecular weight is 352 g/mol. The van der Waals surface area contributed by atoms with Crippen molar-refractivity contribution in [2.45, 2.75) is 32.4 Å². The third kappa shape index (κ3) is 4.63. The van der Waals surface area contributed by atoms with Crippen LogP contribution in [0.4, 0.5) is 4.79 Å². The van der Waals surface area contributed by atoms with Crippen LogP contribution in [0, 0.1) is 5.92 Å². The standard InChI is InChI=1S/C21H24N2O3/c1-15(20(24)26-14-16-7-3-2-4-8-16)13-22-21(25)23-19-12-11-17-9-5-6-10-18(17)19/h2-10,15,19H,11-14H2,1H3,(H2,22,23,25)/t15-,19?/m0/s1. The first-order chi connectivity index (χ1) is 12.6. The number of carbonyl (C=O) groups excluding carboxylic acids is 2. The van der Waals surface area contributed by atoms with Crippen molar-refractivity contribution < 1.29 is 14.3 Å². The molecule has 5 heteroatoms. The van der Waals surface area contributed by atoms with Crippen molar-refractivity contribution in [1.29, 1.82) is 0 Å². The summed E-state index contributed by atoms with van der Waals surface area (Å²) < 4.78 is 5.29. The van der Waals surface area contributed by atoms with Gasteiger partial charge in [-0.25, -0.2) is 4.79 Å². The van der Waals surface area contributed by atoms with Crippen LogP contribution in [0.3, 0.4) is 0 Å². The number of urea groups is 1. The van der Waals surface area contributed by atoms with Gasteiger partial charge >= 0.3 is 12.0 Å². The zero-order valence-electron chi connectivity index (χ0n) is 14.9. The molecule has 2 aromatic carbocycles. The molecule has 0 radical (unpaired) electrons. The highest BCUT2D eigenvalue weighted by Crippen LogP contribution is 2.30. The van der Waals surface area contributed by atoms with E-state index in [1.165, 1.54) is 11.1 Å². The highest BCUT2D eigenvalue weighted by Gasteiger charge is 2.23.